The Hall–Kier alpha value is -2.74. The Morgan fingerprint density at radius 1 is 1.16 bits per heavy atom. The molecule has 6 nitrogen and oxygen atoms in total. The third-order valence-electron chi connectivity index (χ3n) is 6.59. The predicted molar refractivity (Wildman–Crippen MR) is 116 cm³/mol. The molecule has 1 amide bonds. The molecule has 1 N–H and O–H groups in total. The van der Waals surface area contributed by atoms with Gasteiger partial charge >= 0.3 is 5.97 Å². The van der Waals surface area contributed by atoms with Crippen LogP contribution in [0.1, 0.15) is 47.8 Å². The Bertz CT molecular complexity index is 1050. The average molecular weight is 459 g/mol. The standard InChI is InChI=1S/C24H26FNO5S/c1-3-10-31-24(30)20-17(13-6-8-16(25)9-7-13)12(2)32-22(20)26-21(27)18-14-4-5-15(11-14)19(18)23(28)29/h6-9,14-15,18-19H,3-5,10-11H2,1-2H3,(H,26,27)(H,28,29)/p-1/t14-,15+,18+,19+/m1/s1. The highest BCUT2D eigenvalue weighted by Crippen LogP contribution is 2.52. The number of hydrogen-bond acceptors (Lipinski definition) is 6. The van der Waals surface area contributed by atoms with Gasteiger partial charge in [-0.3, -0.25) is 4.79 Å². The van der Waals surface area contributed by atoms with Crippen LogP contribution in [0.15, 0.2) is 24.3 Å². The smallest absolute Gasteiger partial charge is 0.341 e. The van der Waals surface area contributed by atoms with Crippen molar-refractivity contribution in [3.63, 3.8) is 0 Å². The molecule has 0 unspecified atom stereocenters. The van der Waals surface area contributed by atoms with E-state index >= 15 is 0 Å². The second kappa shape index (κ2) is 9.02. The predicted octanol–water partition coefficient (Wildman–Crippen LogP) is 3.78. The fourth-order valence-electron chi connectivity index (χ4n) is 5.26. The van der Waals surface area contributed by atoms with Crippen LogP contribution in [0.25, 0.3) is 11.1 Å². The largest absolute Gasteiger partial charge is 0.550 e. The summed E-state index contributed by atoms with van der Waals surface area (Å²) >= 11 is 1.23. The molecule has 0 spiro atoms. The van der Waals surface area contributed by atoms with Crippen molar-refractivity contribution >= 4 is 34.2 Å². The molecule has 0 aliphatic heterocycles. The van der Waals surface area contributed by atoms with Crippen LogP contribution >= 0.6 is 11.3 Å². The maximum atomic E-state index is 13.5. The number of aryl methyl sites for hydroxylation is 1. The zero-order valence-electron chi connectivity index (χ0n) is 18.0. The highest BCUT2D eigenvalue weighted by molar-refractivity contribution is 7.17. The van der Waals surface area contributed by atoms with Crippen LogP contribution in [-0.4, -0.2) is 24.5 Å². The van der Waals surface area contributed by atoms with Crippen molar-refractivity contribution < 1.29 is 28.6 Å². The van der Waals surface area contributed by atoms with Crippen molar-refractivity contribution in [2.75, 3.05) is 11.9 Å². The van der Waals surface area contributed by atoms with Crippen molar-refractivity contribution in [1.29, 1.82) is 0 Å². The zero-order valence-corrected chi connectivity index (χ0v) is 18.8. The molecule has 2 aliphatic rings. The van der Waals surface area contributed by atoms with Gasteiger partial charge in [-0.15, -0.1) is 11.3 Å². The molecule has 2 fully saturated rings. The summed E-state index contributed by atoms with van der Waals surface area (Å²) in [6.45, 7) is 3.92. The molecule has 0 saturated heterocycles. The van der Waals surface area contributed by atoms with Gasteiger partial charge in [-0.05, 0) is 62.1 Å². The molecule has 2 aliphatic carbocycles. The zero-order chi connectivity index (χ0) is 23.0. The Labute approximate surface area is 189 Å². The number of rotatable bonds is 7. The molecule has 2 saturated carbocycles. The van der Waals surface area contributed by atoms with E-state index in [0.29, 0.717) is 29.0 Å². The number of esters is 1. The van der Waals surface area contributed by atoms with Crippen molar-refractivity contribution in [2.24, 2.45) is 23.7 Å². The van der Waals surface area contributed by atoms with Gasteiger partial charge in [0, 0.05) is 28.2 Å². The van der Waals surface area contributed by atoms with Gasteiger partial charge in [0.2, 0.25) is 5.91 Å². The van der Waals surface area contributed by atoms with Crippen LogP contribution in [0.2, 0.25) is 0 Å². The summed E-state index contributed by atoms with van der Waals surface area (Å²) in [4.78, 5) is 38.7. The number of carboxylic acids is 1. The number of halogens is 1. The Balaban J connectivity index is 1.69. The average Bonchev–Trinajstić information content (AvgIpc) is 3.45. The van der Waals surface area contributed by atoms with Crippen molar-refractivity contribution in [2.45, 2.75) is 39.5 Å². The minimum absolute atomic E-state index is 0.0102. The molecule has 1 aromatic heterocycles. The molecular weight excluding hydrogens is 433 g/mol. The highest BCUT2D eigenvalue weighted by atomic mass is 32.1. The maximum absolute atomic E-state index is 13.5. The molecule has 2 aromatic rings. The first-order chi connectivity index (χ1) is 15.3. The molecule has 170 valence electrons. The van der Waals surface area contributed by atoms with Gasteiger partial charge in [-0.1, -0.05) is 19.1 Å². The number of amides is 1. The minimum atomic E-state index is -1.19. The number of hydrogen-bond donors (Lipinski definition) is 1. The second-order valence-corrected chi connectivity index (χ2v) is 9.80. The maximum Gasteiger partial charge on any atom is 0.341 e. The molecule has 4 atom stereocenters. The number of thiophene rings is 1. The van der Waals surface area contributed by atoms with Gasteiger partial charge in [-0.2, -0.15) is 0 Å². The topological polar surface area (TPSA) is 95.5 Å². The van der Waals surface area contributed by atoms with Gasteiger partial charge in [0.25, 0.3) is 0 Å². The number of carbonyl (C=O) groups excluding carboxylic acids is 3. The number of aliphatic carboxylic acids is 1. The van der Waals surface area contributed by atoms with Gasteiger partial charge in [0.05, 0.1) is 6.61 Å². The second-order valence-electron chi connectivity index (χ2n) is 8.57. The molecule has 32 heavy (non-hydrogen) atoms. The quantitative estimate of drug-likeness (QED) is 0.637. The van der Waals surface area contributed by atoms with E-state index in [1.54, 1.807) is 12.1 Å². The summed E-state index contributed by atoms with van der Waals surface area (Å²) in [5, 5.41) is 14.9. The van der Waals surface area contributed by atoms with Gasteiger partial charge < -0.3 is 20.0 Å². The number of benzene rings is 1. The minimum Gasteiger partial charge on any atom is -0.550 e. The molecule has 1 aromatic carbocycles. The lowest BCUT2D eigenvalue weighted by molar-refractivity contribution is -0.314. The highest BCUT2D eigenvalue weighted by Gasteiger charge is 2.51. The van der Waals surface area contributed by atoms with E-state index in [1.165, 1.54) is 23.5 Å². The summed E-state index contributed by atoms with van der Waals surface area (Å²) in [7, 11) is 0. The van der Waals surface area contributed by atoms with Crippen LogP contribution in [0.5, 0.6) is 0 Å². The fourth-order valence-corrected chi connectivity index (χ4v) is 6.33. The van der Waals surface area contributed by atoms with Gasteiger partial charge in [0.1, 0.15) is 16.4 Å². The third-order valence-corrected chi connectivity index (χ3v) is 7.61. The van der Waals surface area contributed by atoms with E-state index in [1.807, 2.05) is 13.8 Å². The van der Waals surface area contributed by atoms with E-state index in [2.05, 4.69) is 5.32 Å². The first-order valence-corrected chi connectivity index (χ1v) is 11.7. The Morgan fingerprint density at radius 3 is 2.44 bits per heavy atom. The van der Waals surface area contributed by atoms with Gasteiger partial charge in [-0.25, -0.2) is 9.18 Å². The van der Waals surface area contributed by atoms with E-state index in [0.717, 1.165) is 17.7 Å². The fraction of sp³-hybridized carbons (Fsp3) is 0.458. The molecule has 1 heterocycles. The number of ether oxygens (including phenoxy) is 1. The molecule has 0 radical (unpaired) electrons. The number of nitrogens with one attached hydrogen (secondary N) is 1. The number of carboxylic acid groups (broad SMARTS) is 1. The first kappa shape index (κ1) is 22.5. The monoisotopic (exact) mass is 458 g/mol. The molecule has 8 heteroatoms. The van der Waals surface area contributed by atoms with Crippen molar-refractivity contribution in [1.82, 2.24) is 0 Å². The molecule has 4 rings (SSSR count). The van der Waals surface area contributed by atoms with E-state index in [4.69, 9.17) is 4.74 Å². The van der Waals surface area contributed by atoms with E-state index in [9.17, 15) is 23.9 Å². The van der Waals surface area contributed by atoms with Gasteiger partial charge in [0.15, 0.2) is 0 Å². The number of fused-ring (bicyclic) bond motifs is 2. The summed E-state index contributed by atoms with van der Waals surface area (Å²) in [6.07, 6.45) is 2.98. The lowest BCUT2D eigenvalue weighted by Gasteiger charge is -2.30. The lowest BCUT2D eigenvalue weighted by atomic mass is 9.78. The van der Waals surface area contributed by atoms with Crippen LogP contribution < -0.4 is 10.4 Å². The van der Waals surface area contributed by atoms with Crippen LogP contribution in [0.3, 0.4) is 0 Å². The summed E-state index contributed by atoms with van der Waals surface area (Å²) in [5.41, 5.74) is 1.43. The summed E-state index contributed by atoms with van der Waals surface area (Å²) in [6, 6.07) is 5.78. The number of carbonyl (C=O) groups is 3. The Kier molecular flexibility index (Phi) is 6.33. The van der Waals surface area contributed by atoms with Crippen LogP contribution in [0, 0.1) is 36.4 Å². The van der Waals surface area contributed by atoms with E-state index < -0.39 is 35.5 Å². The molecular formula is C24H25FNO5S-. The van der Waals surface area contributed by atoms with Crippen molar-refractivity contribution in [3.05, 3.63) is 40.5 Å². The lowest BCUT2D eigenvalue weighted by Crippen LogP contribution is -2.44. The van der Waals surface area contributed by atoms with Crippen LogP contribution in [0.4, 0.5) is 9.39 Å². The third kappa shape index (κ3) is 4.03. The normalized spacial score (nSPS) is 23.8. The van der Waals surface area contributed by atoms with E-state index in [-0.39, 0.29) is 24.0 Å². The SMILES string of the molecule is CCCOC(=O)c1c(NC(=O)[C@H]2[C@@H]3CC[C@@H](C3)[C@@H]2C(=O)[O-])sc(C)c1-c1ccc(F)cc1. The summed E-state index contributed by atoms with van der Waals surface area (Å²) in [5.74, 6) is -4.05. The molecule has 2 bridgehead atoms. The van der Waals surface area contributed by atoms with Crippen molar-refractivity contribution in [3.8, 4) is 11.1 Å². The first-order valence-electron chi connectivity index (χ1n) is 10.9. The van der Waals surface area contributed by atoms with Crippen LogP contribution in [-0.2, 0) is 14.3 Å². The number of anilines is 1. The summed E-state index contributed by atoms with van der Waals surface area (Å²) < 4.78 is 18.8. The Morgan fingerprint density at radius 2 is 1.81 bits per heavy atom.